The lowest BCUT2D eigenvalue weighted by molar-refractivity contribution is 0.126. The fraction of sp³-hybridized carbons (Fsp3) is 0.467. The van der Waals surface area contributed by atoms with Crippen molar-refractivity contribution in [3.05, 3.63) is 36.0 Å². The molecule has 1 aliphatic carbocycles. The molecule has 0 radical (unpaired) electrons. The van der Waals surface area contributed by atoms with Crippen molar-refractivity contribution < 1.29 is 4.74 Å². The van der Waals surface area contributed by atoms with Crippen LogP contribution in [0.1, 0.15) is 18.4 Å². The average molecular weight is 244 g/mol. The first-order valence-electron chi connectivity index (χ1n) is 6.77. The Bertz CT molecular complexity index is 502. The number of H-pyrrole nitrogens is 1. The zero-order valence-corrected chi connectivity index (χ0v) is 10.6. The molecule has 2 aromatic rings. The van der Waals surface area contributed by atoms with Crippen LogP contribution in [0, 0.1) is 5.92 Å². The summed E-state index contributed by atoms with van der Waals surface area (Å²) in [6, 6.07) is 8.41. The summed E-state index contributed by atoms with van der Waals surface area (Å²) in [6.07, 6.45) is 4.81. The molecule has 0 atom stereocenters. The van der Waals surface area contributed by atoms with Gasteiger partial charge in [-0.2, -0.15) is 0 Å². The monoisotopic (exact) mass is 244 g/mol. The van der Waals surface area contributed by atoms with Gasteiger partial charge in [-0.3, -0.25) is 0 Å². The highest BCUT2D eigenvalue weighted by molar-refractivity contribution is 5.82. The number of nitrogens with one attached hydrogen (secondary N) is 2. The van der Waals surface area contributed by atoms with Crippen molar-refractivity contribution >= 4 is 10.9 Å². The van der Waals surface area contributed by atoms with E-state index in [1.54, 1.807) is 0 Å². The number of rotatable bonds is 7. The van der Waals surface area contributed by atoms with Gasteiger partial charge in [0.05, 0.1) is 6.61 Å². The molecule has 1 fully saturated rings. The maximum atomic E-state index is 5.59. The first-order valence-corrected chi connectivity index (χ1v) is 6.77. The number of hydrogen-bond acceptors (Lipinski definition) is 2. The van der Waals surface area contributed by atoms with Crippen LogP contribution in [0.4, 0.5) is 0 Å². The maximum absolute atomic E-state index is 5.59. The molecule has 1 saturated carbocycles. The van der Waals surface area contributed by atoms with Crippen molar-refractivity contribution in [2.24, 2.45) is 5.92 Å². The van der Waals surface area contributed by atoms with E-state index in [-0.39, 0.29) is 0 Å². The van der Waals surface area contributed by atoms with E-state index in [0.29, 0.717) is 0 Å². The summed E-state index contributed by atoms with van der Waals surface area (Å²) in [5.74, 6) is 0.860. The number of fused-ring (bicyclic) bond motifs is 1. The molecule has 3 nitrogen and oxygen atoms in total. The highest BCUT2D eigenvalue weighted by Crippen LogP contribution is 2.28. The average Bonchev–Trinajstić information content (AvgIpc) is 3.14. The molecule has 0 amide bonds. The van der Waals surface area contributed by atoms with Crippen LogP contribution in [0.2, 0.25) is 0 Å². The number of ether oxygens (including phenoxy) is 1. The molecule has 1 aromatic carbocycles. The molecule has 0 spiro atoms. The molecular formula is C15H20N2O. The van der Waals surface area contributed by atoms with E-state index in [2.05, 4.69) is 40.8 Å². The smallest absolute Gasteiger partial charge is 0.0591 e. The summed E-state index contributed by atoms with van der Waals surface area (Å²) >= 11 is 0. The van der Waals surface area contributed by atoms with Gasteiger partial charge in [-0.25, -0.2) is 0 Å². The molecule has 0 bridgehead atoms. The fourth-order valence-corrected chi connectivity index (χ4v) is 2.18. The highest BCUT2D eigenvalue weighted by Gasteiger charge is 2.20. The Morgan fingerprint density at radius 3 is 3.06 bits per heavy atom. The third kappa shape index (κ3) is 2.92. The third-order valence-corrected chi connectivity index (χ3v) is 3.46. The van der Waals surface area contributed by atoms with Gasteiger partial charge in [0.25, 0.3) is 0 Å². The number of aromatic amines is 1. The van der Waals surface area contributed by atoms with E-state index in [1.807, 2.05) is 0 Å². The van der Waals surface area contributed by atoms with Crippen LogP contribution in [0.15, 0.2) is 30.5 Å². The fourth-order valence-electron chi connectivity index (χ4n) is 2.18. The predicted molar refractivity (Wildman–Crippen MR) is 73.5 cm³/mol. The van der Waals surface area contributed by atoms with E-state index < -0.39 is 0 Å². The molecule has 3 heteroatoms. The van der Waals surface area contributed by atoms with Gasteiger partial charge >= 0.3 is 0 Å². The normalized spacial score (nSPS) is 15.3. The van der Waals surface area contributed by atoms with E-state index in [1.165, 1.54) is 29.3 Å². The van der Waals surface area contributed by atoms with Gasteiger partial charge in [0, 0.05) is 36.8 Å². The summed E-state index contributed by atoms with van der Waals surface area (Å²) in [7, 11) is 0. The van der Waals surface area contributed by atoms with E-state index in [4.69, 9.17) is 4.74 Å². The van der Waals surface area contributed by atoms with E-state index >= 15 is 0 Å². The zero-order valence-electron chi connectivity index (χ0n) is 10.6. The van der Waals surface area contributed by atoms with Gasteiger partial charge < -0.3 is 15.0 Å². The Morgan fingerprint density at radius 2 is 2.17 bits per heavy atom. The van der Waals surface area contributed by atoms with Crippen molar-refractivity contribution in [3.63, 3.8) is 0 Å². The minimum Gasteiger partial charge on any atom is -0.380 e. The van der Waals surface area contributed by atoms with Crippen LogP contribution >= 0.6 is 0 Å². The number of benzene rings is 1. The van der Waals surface area contributed by atoms with Crippen molar-refractivity contribution in [1.82, 2.24) is 10.3 Å². The Kier molecular flexibility index (Phi) is 3.62. The number of hydrogen-bond donors (Lipinski definition) is 2. The van der Waals surface area contributed by atoms with Crippen LogP contribution in [-0.2, 0) is 11.3 Å². The summed E-state index contributed by atoms with van der Waals surface area (Å²) in [4.78, 5) is 3.29. The molecule has 96 valence electrons. The summed E-state index contributed by atoms with van der Waals surface area (Å²) in [5, 5.41) is 4.74. The molecule has 0 saturated heterocycles. The molecule has 0 aliphatic heterocycles. The molecule has 0 unspecified atom stereocenters. The lowest BCUT2D eigenvalue weighted by Crippen LogP contribution is -2.19. The summed E-state index contributed by atoms with van der Waals surface area (Å²) < 4.78 is 5.59. The second-order valence-electron chi connectivity index (χ2n) is 5.05. The Labute approximate surface area is 108 Å². The minimum atomic E-state index is 0.818. The second-order valence-corrected chi connectivity index (χ2v) is 5.05. The van der Waals surface area contributed by atoms with Gasteiger partial charge in [-0.15, -0.1) is 0 Å². The number of aromatic nitrogens is 1. The Balaban J connectivity index is 1.41. The van der Waals surface area contributed by atoms with Gasteiger partial charge in [0.1, 0.15) is 0 Å². The molecule has 1 heterocycles. The molecule has 1 aromatic heterocycles. The van der Waals surface area contributed by atoms with E-state index in [9.17, 15) is 0 Å². The molecule has 18 heavy (non-hydrogen) atoms. The molecule has 3 rings (SSSR count). The van der Waals surface area contributed by atoms with Crippen molar-refractivity contribution in [2.45, 2.75) is 19.4 Å². The SMILES string of the molecule is c1ccc2c(CNCCOCC3CC3)c[nH]c2c1. The number of para-hydroxylation sites is 1. The van der Waals surface area contributed by atoms with Crippen LogP contribution < -0.4 is 5.32 Å². The van der Waals surface area contributed by atoms with Crippen molar-refractivity contribution in [3.8, 4) is 0 Å². The van der Waals surface area contributed by atoms with Crippen molar-refractivity contribution in [2.75, 3.05) is 19.8 Å². The lowest BCUT2D eigenvalue weighted by atomic mass is 10.2. The van der Waals surface area contributed by atoms with Gasteiger partial charge in [-0.05, 0) is 30.4 Å². The topological polar surface area (TPSA) is 37.0 Å². The van der Waals surface area contributed by atoms with Gasteiger partial charge in [0.15, 0.2) is 0 Å². The first-order chi connectivity index (χ1) is 8.93. The quantitative estimate of drug-likeness (QED) is 0.735. The van der Waals surface area contributed by atoms with Gasteiger partial charge in [0.2, 0.25) is 0 Å². The lowest BCUT2D eigenvalue weighted by Gasteiger charge is -2.05. The van der Waals surface area contributed by atoms with Crippen LogP contribution in [-0.4, -0.2) is 24.7 Å². The molecular weight excluding hydrogens is 224 g/mol. The highest BCUT2D eigenvalue weighted by atomic mass is 16.5. The van der Waals surface area contributed by atoms with Crippen molar-refractivity contribution in [1.29, 1.82) is 0 Å². The summed E-state index contributed by atoms with van der Waals surface area (Å²) in [6.45, 7) is 3.59. The van der Waals surface area contributed by atoms with E-state index in [0.717, 1.165) is 32.2 Å². The largest absolute Gasteiger partial charge is 0.380 e. The third-order valence-electron chi connectivity index (χ3n) is 3.46. The zero-order chi connectivity index (χ0) is 12.2. The van der Waals surface area contributed by atoms with Gasteiger partial charge in [-0.1, -0.05) is 18.2 Å². The Morgan fingerprint density at radius 1 is 1.28 bits per heavy atom. The maximum Gasteiger partial charge on any atom is 0.0591 e. The van der Waals surface area contributed by atoms with Crippen LogP contribution in [0.5, 0.6) is 0 Å². The minimum absolute atomic E-state index is 0.818. The van der Waals surface area contributed by atoms with Crippen LogP contribution in [0.3, 0.4) is 0 Å². The summed E-state index contributed by atoms with van der Waals surface area (Å²) in [5.41, 5.74) is 2.53. The van der Waals surface area contributed by atoms with Crippen LogP contribution in [0.25, 0.3) is 10.9 Å². The standard InChI is InChI=1S/C15H20N2O/c1-2-4-15-14(3-1)13(10-17-15)9-16-7-8-18-11-12-5-6-12/h1-4,10,12,16-17H,5-9,11H2. The molecule has 1 aliphatic rings. The second kappa shape index (κ2) is 5.55. The predicted octanol–water partition coefficient (Wildman–Crippen LogP) is 2.68. The Hall–Kier alpha value is -1.32. The molecule has 2 N–H and O–H groups in total. The first kappa shape index (κ1) is 11.8.